The van der Waals surface area contributed by atoms with Gasteiger partial charge in [-0.25, -0.2) is 0 Å². The number of rotatable bonds is 5. The predicted molar refractivity (Wildman–Crippen MR) is 109 cm³/mol. The van der Waals surface area contributed by atoms with Crippen molar-refractivity contribution >= 4 is 11.0 Å². The van der Waals surface area contributed by atoms with Gasteiger partial charge in [-0.3, -0.25) is 9.69 Å². The van der Waals surface area contributed by atoms with Crippen LogP contribution in [-0.2, 0) is 11.3 Å². The summed E-state index contributed by atoms with van der Waals surface area (Å²) in [6.07, 6.45) is 1.43. The molecule has 1 N–H and O–H groups in total. The van der Waals surface area contributed by atoms with Crippen LogP contribution in [0.25, 0.3) is 22.1 Å². The molecule has 0 radical (unpaired) electrons. The SMILES string of the molecule is COc1cc(OC)c(CN2CCOCC2)c(-c2coc3cc(O)ccc3c2=O)c1. The summed E-state index contributed by atoms with van der Waals surface area (Å²) in [4.78, 5) is 15.5. The van der Waals surface area contributed by atoms with Crippen molar-refractivity contribution in [1.82, 2.24) is 4.90 Å². The van der Waals surface area contributed by atoms with Crippen molar-refractivity contribution in [1.29, 1.82) is 0 Å². The second kappa shape index (κ2) is 8.14. The summed E-state index contributed by atoms with van der Waals surface area (Å²) in [6.45, 7) is 3.57. The van der Waals surface area contributed by atoms with E-state index >= 15 is 0 Å². The maximum atomic E-state index is 13.2. The molecule has 152 valence electrons. The van der Waals surface area contributed by atoms with Gasteiger partial charge < -0.3 is 23.7 Å². The average molecular weight is 397 g/mol. The molecule has 3 aromatic rings. The van der Waals surface area contributed by atoms with E-state index in [0.717, 1.165) is 18.7 Å². The van der Waals surface area contributed by atoms with Crippen LogP contribution in [0.15, 0.2) is 45.8 Å². The van der Waals surface area contributed by atoms with E-state index in [9.17, 15) is 9.90 Å². The number of methoxy groups -OCH3 is 2. The number of hydrogen-bond donors (Lipinski definition) is 1. The number of aromatic hydroxyl groups is 1. The van der Waals surface area contributed by atoms with E-state index in [1.807, 2.05) is 12.1 Å². The lowest BCUT2D eigenvalue weighted by atomic mass is 9.97. The highest BCUT2D eigenvalue weighted by molar-refractivity contribution is 5.84. The summed E-state index contributed by atoms with van der Waals surface area (Å²) in [6, 6.07) is 8.13. The molecular formula is C22H23NO6. The van der Waals surface area contributed by atoms with Gasteiger partial charge in [-0.05, 0) is 18.2 Å². The van der Waals surface area contributed by atoms with Gasteiger partial charge in [-0.15, -0.1) is 0 Å². The minimum Gasteiger partial charge on any atom is -0.508 e. The molecule has 2 heterocycles. The molecule has 7 nitrogen and oxygen atoms in total. The van der Waals surface area contributed by atoms with Crippen LogP contribution in [0, 0.1) is 0 Å². The first-order chi connectivity index (χ1) is 14.1. The van der Waals surface area contributed by atoms with E-state index in [0.29, 0.717) is 53.4 Å². The van der Waals surface area contributed by atoms with Crippen molar-refractivity contribution in [3.63, 3.8) is 0 Å². The zero-order valence-electron chi connectivity index (χ0n) is 16.4. The average Bonchev–Trinajstić information content (AvgIpc) is 2.75. The van der Waals surface area contributed by atoms with Gasteiger partial charge in [0.25, 0.3) is 0 Å². The Kier molecular flexibility index (Phi) is 5.42. The lowest BCUT2D eigenvalue weighted by Crippen LogP contribution is -2.36. The van der Waals surface area contributed by atoms with Gasteiger partial charge in [0, 0.05) is 42.9 Å². The zero-order chi connectivity index (χ0) is 20.4. The Bertz CT molecular complexity index is 1080. The van der Waals surface area contributed by atoms with Crippen molar-refractivity contribution in [2.24, 2.45) is 0 Å². The Labute approximate surface area is 168 Å². The van der Waals surface area contributed by atoms with E-state index in [1.54, 1.807) is 20.3 Å². The van der Waals surface area contributed by atoms with E-state index in [1.165, 1.54) is 18.4 Å². The lowest BCUT2D eigenvalue weighted by molar-refractivity contribution is 0.0339. The van der Waals surface area contributed by atoms with Crippen molar-refractivity contribution in [3.8, 4) is 28.4 Å². The van der Waals surface area contributed by atoms with Crippen molar-refractivity contribution in [2.45, 2.75) is 6.54 Å². The van der Waals surface area contributed by atoms with Gasteiger partial charge in [0.2, 0.25) is 5.43 Å². The normalized spacial score (nSPS) is 14.8. The molecule has 0 saturated carbocycles. The smallest absolute Gasteiger partial charge is 0.200 e. The summed E-state index contributed by atoms with van der Waals surface area (Å²) in [7, 11) is 3.18. The fraction of sp³-hybridized carbons (Fsp3) is 0.318. The maximum Gasteiger partial charge on any atom is 0.200 e. The fourth-order valence-electron chi connectivity index (χ4n) is 3.61. The quantitative estimate of drug-likeness (QED) is 0.709. The standard InChI is InChI=1S/C22H23NO6/c1-26-15-10-17(18(20(11-15)27-2)12-23-5-7-28-8-6-23)19-13-29-21-9-14(24)3-4-16(21)22(19)25/h3-4,9-11,13,24H,5-8,12H2,1-2H3. The summed E-state index contributed by atoms with van der Waals surface area (Å²) in [5.74, 6) is 1.29. The van der Waals surface area contributed by atoms with E-state index in [2.05, 4.69) is 4.90 Å². The van der Waals surface area contributed by atoms with Crippen LogP contribution in [-0.4, -0.2) is 50.5 Å². The molecule has 0 atom stereocenters. The summed E-state index contributed by atoms with van der Waals surface area (Å²) in [5.41, 5.74) is 2.17. The molecule has 2 aromatic carbocycles. The number of benzene rings is 2. The van der Waals surface area contributed by atoms with Gasteiger partial charge in [0.1, 0.15) is 29.1 Å². The van der Waals surface area contributed by atoms with Crippen LogP contribution in [0.4, 0.5) is 0 Å². The van der Waals surface area contributed by atoms with E-state index in [-0.39, 0.29) is 11.2 Å². The molecule has 1 saturated heterocycles. The summed E-state index contributed by atoms with van der Waals surface area (Å²) < 4.78 is 22.2. The molecule has 0 unspecified atom stereocenters. The second-order valence-electron chi connectivity index (χ2n) is 6.90. The summed E-state index contributed by atoms with van der Waals surface area (Å²) >= 11 is 0. The van der Waals surface area contributed by atoms with Gasteiger partial charge >= 0.3 is 0 Å². The van der Waals surface area contributed by atoms with E-state index in [4.69, 9.17) is 18.6 Å². The van der Waals surface area contributed by atoms with Crippen molar-refractivity contribution < 1.29 is 23.7 Å². The molecule has 29 heavy (non-hydrogen) atoms. The van der Waals surface area contributed by atoms with Crippen LogP contribution in [0.1, 0.15) is 5.56 Å². The Hall–Kier alpha value is -3.03. The molecule has 0 aliphatic carbocycles. The number of morpholine rings is 1. The minimum absolute atomic E-state index is 0.0458. The molecular weight excluding hydrogens is 374 g/mol. The first kappa shape index (κ1) is 19.3. The van der Waals surface area contributed by atoms with Crippen molar-refractivity contribution in [3.05, 3.63) is 52.4 Å². The Morgan fingerprint density at radius 1 is 1.07 bits per heavy atom. The first-order valence-corrected chi connectivity index (χ1v) is 9.40. The minimum atomic E-state index is -0.176. The molecule has 7 heteroatoms. The van der Waals surface area contributed by atoms with Crippen LogP contribution >= 0.6 is 0 Å². The molecule has 1 fully saturated rings. The number of phenols is 1. The number of nitrogens with zero attached hydrogens (tertiary/aromatic N) is 1. The Morgan fingerprint density at radius 3 is 2.59 bits per heavy atom. The van der Waals surface area contributed by atoms with Crippen LogP contribution < -0.4 is 14.9 Å². The number of phenolic OH excluding ortho intramolecular Hbond substituents is 1. The third-order valence-electron chi connectivity index (χ3n) is 5.17. The highest BCUT2D eigenvalue weighted by Crippen LogP contribution is 2.36. The number of hydrogen-bond acceptors (Lipinski definition) is 7. The van der Waals surface area contributed by atoms with Crippen LogP contribution in [0.2, 0.25) is 0 Å². The van der Waals surface area contributed by atoms with Gasteiger partial charge in [-0.2, -0.15) is 0 Å². The summed E-state index contributed by atoms with van der Waals surface area (Å²) in [5, 5.41) is 10.1. The molecule has 0 bridgehead atoms. The second-order valence-corrected chi connectivity index (χ2v) is 6.90. The Balaban J connectivity index is 1.89. The fourth-order valence-corrected chi connectivity index (χ4v) is 3.61. The topological polar surface area (TPSA) is 81.4 Å². The molecule has 0 amide bonds. The monoisotopic (exact) mass is 397 g/mol. The molecule has 1 aliphatic heterocycles. The largest absolute Gasteiger partial charge is 0.508 e. The van der Waals surface area contributed by atoms with Gasteiger partial charge in [0.15, 0.2) is 0 Å². The number of fused-ring (bicyclic) bond motifs is 1. The third-order valence-corrected chi connectivity index (χ3v) is 5.17. The lowest BCUT2D eigenvalue weighted by Gasteiger charge is -2.28. The molecule has 1 aromatic heterocycles. The zero-order valence-corrected chi connectivity index (χ0v) is 16.4. The number of ether oxygens (including phenoxy) is 3. The predicted octanol–water partition coefficient (Wildman–Crippen LogP) is 3.02. The van der Waals surface area contributed by atoms with Crippen LogP contribution in [0.3, 0.4) is 0 Å². The molecule has 4 rings (SSSR count). The van der Waals surface area contributed by atoms with Gasteiger partial charge in [0.05, 0.1) is 38.4 Å². The Morgan fingerprint density at radius 2 is 1.86 bits per heavy atom. The highest BCUT2D eigenvalue weighted by Gasteiger charge is 2.21. The van der Waals surface area contributed by atoms with Crippen molar-refractivity contribution in [2.75, 3.05) is 40.5 Å². The third kappa shape index (κ3) is 3.79. The van der Waals surface area contributed by atoms with E-state index < -0.39 is 0 Å². The first-order valence-electron chi connectivity index (χ1n) is 9.40. The maximum absolute atomic E-state index is 13.2. The highest BCUT2D eigenvalue weighted by atomic mass is 16.5. The molecule has 1 aliphatic rings. The molecule has 0 spiro atoms. The van der Waals surface area contributed by atoms with Crippen LogP contribution in [0.5, 0.6) is 17.2 Å². The van der Waals surface area contributed by atoms with Gasteiger partial charge in [-0.1, -0.05) is 0 Å².